The summed E-state index contributed by atoms with van der Waals surface area (Å²) in [5.74, 6) is 1.16. The minimum Gasteiger partial charge on any atom is -0.481 e. The van der Waals surface area contributed by atoms with Crippen molar-refractivity contribution in [1.29, 1.82) is 0 Å². The molecule has 1 aliphatic heterocycles. The van der Waals surface area contributed by atoms with Gasteiger partial charge in [0.15, 0.2) is 6.10 Å². The number of hydrogen-bond acceptors (Lipinski definition) is 3. The van der Waals surface area contributed by atoms with Crippen molar-refractivity contribution in [3.8, 4) is 5.75 Å². The number of carbonyl (C=O) groups is 2. The van der Waals surface area contributed by atoms with Crippen LogP contribution in [0, 0.1) is 17.7 Å². The molecule has 0 spiro atoms. The van der Waals surface area contributed by atoms with Crippen LogP contribution in [-0.4, -0.2) is 35.9 Å². The van der Waals surface area contributed by atoms with E-state index >= 15 is 0 Å². The predicted molar refractivity (Wildman–Crippen MR) is 130 cm³/mol. The van der Waals surface area contributed by atoms with Gasteiger partial charge < -0.3 is 15.0 Å². The van der Waals surface area contributed by atoms with Crippen LogP contribution < -0.4 is 10.1 Å². The monoisotopic (exact) mass is 466 g/mol. The summed E-state index contributed by atoms with van der Waals surface area (Å²) in [5, 5.41) is 3.01. The highest BCUT2D eigenvalue weighted by Crippen LogP contribution is 2.38. The highest BCUT2D eigenvalue weighted by molar-refractivity contribution is 5.81. The summed E-state index contributed by atoms with van der Waals surface area (Å²) in [6.07, 6.45) is 3.56. The maximum Gasteiger partial charge on any atom is 0.261 e. The van der Waals surface area contributed by atoms with Crippen LogP contribution in [0.4, 0.5) is 4.39 Å². The quantitative estimate of drug-likeness (QED) is 0.564. The largest absolute Gasteiger partial charge is 0.481 e. The minimum absolute atomic E-state index is 0.0871. The summed E-state index contributed by atoms with van der Waals surface area (Å²) >= 11 is 0. The van der Waals surface area contributed by atoms with E-state index in [4.69, 9.17) is 4.74 Å². The van der Waals surface area contributed by atoms with E-state index in [1.54, 1.807) is 12.1 Å². The number of rotatable bonds is 9. The van der Waals surface area contributed by atoms with E-state index in [-0.39, 0.29) is 29.6 Å². The molecule has 0 aromatic heterocycles. The molecule has 0 bridgehead atoms. The summed E-state index contributed by atoms with van der Waals surface area (Å²) < 4.78 is 19.8. The van der Waals surface area contributed by atoms with E-state index in [0.717, 1.165) is 23.1 Å². The molecular weight excluding hydrogens is 431 g/mol. The smallest absolute Gasteiger partial charge is 0.261 e. The minimum atomic E-state index is -0.566. The Morgan fingerprint density at radius 1 is 1.15 bits per heavy atom. The summed E-state index contributed by atoms with van der Waals surface area (Å²) in [6, 6.07) is 11.9. The molecule has 1 N–H and O–H groups in total. The van der Waals surface area contributed by atoms with Gasteiger partial charge in [0.05, 0.1) is 6.04 Å². The molecule has 182 valence electrons. The summed E-state index contributed by atoms with van der Waals surface area (Å²) in [4.78, 5) is 27.7. The molecule has 1 aliphatic carbocycles. The number of nitrogens with one attached hydrogen (secondary N) is 1. The third kappa shape index (κ3) is 5.78. The van der Waals surface area contributed by atoms with Crippen LogP contribution in [0.1, 0.15) is 69.2 Å². The molecule has 2 aliphatic rings. The highest BCUT2D eigenvalue weighted by Gasteiger charge is 2.33. The molecule has 4 rings (SSSR count). The van der Waals surface area contributed by atoms with Gasteiger partial charge in [-0.1, -0.05) is 39.0 Å². The molecule has 2 amide bonds. The van der Waals surface area contributed by atoms with Crippen molar-refractivity contribution >= 4 is 11.8 Å². The number of nitrogens with zero attached hydrogens (tertiary/aromatic N) is 1. The second kappa shape index (κ2) is 10.6. The van der Waals surface area contributed by atoms with Crippen molar-refractivity contribution in [2.75, 3.05) is 13.1 Å². The van der Waals surface area contributed by atoms with Crippen LogP contribution in [0.5, 0.6) is 5.75 Å². The van der Waals surface area contributed by atoms with E-state index < -0.39 is 6.10 Å². The normalized spacial score (nSPS) is 18.4. The lowest BCUT2D eigenvalue weighted by Gasteiger charge is -2.38. The van der Waals surface area contributed by atoms with Gasteiger partial charge in [-0.15, -0.1) is 0 Å². The van der Waals surface area contributed by atoms with Crippen LogP contribution in [0.25, 0.3) is 0 Å². The van der Waals surface area contributed by atoms with Crippen molar-refractivity contribution in [3.63, 3.8) is 0 Å². The third-order valence-electron chi connectivity index (χ3n) is 6.64. The maximum absolute atomic E-state index is 13.7. The number of hydrogen-bond donors (Lipinski definition) is 1. The molecule has 2 atom stereocenters. The van der Waals surface area contributed by atoms with Crippen LogP contribution >= 0.6 is 0 Å². The van der Waals surface area contributed by atoms with Gasteiger partial charge in [-0.25, -0.2) is 4.39 Å². The van der Waals surface area contributed by atoms with Gasteiger partial charge in [-0.2, -0.15) is 0 Å². The van der Waals surface area contributed by atoms with Crippen molar-refractivity contribution in [2.45, 2.75) is 65.0 Å². The fourth-order valence-electron chi connectivity index (χ4n) is 4.57. The Hall–Kier alpha value is -2.89. The lowest BCUT2D eigenvalue weighted by molar-refractivity contribution is -0.134. The number of carbonyl (C=O) groups excluding carboxylic acids is 2. The van der Waals surface area contributed by atoms with E-state index in [2.05, 4.69) is 5.32 Å². The molecule has 1 saturated carbocycles. The van der Waals surface area contributed by atoms with Crippen molar-refractivity contribution < 1.29 is 18.7 Å². The third-order valence-corrected chi connectivity index (χ3v) is 6.64. The van der Waals surface area contributed by atoms with Gasteiger partial charge in [0.2, 0.25) is 5.91 Å². The van der Waals surface area contributed by atoms with E-state index in [1.165, 1.54) is 25.0 Å². The number of amides is 2. The zero-order valence-electron chi connectivity index (χ0n) is 20.4. The van der Waals surface area contributed by atoms with Crippen molar-refractivity contribution in [3.05, 3.63) is 65.0 Å². The second-order valence-electron chi connectivity index (χ2n) is 9.95. The Morgan fingerprint density at radius 3 is 2.53 bits per heavy atom. The van der Waals surface area contributed by atoms with Gasteiger partial charge in [0.1, 0.15) is 11.6 Å². The fourth-order valence-corrected chi connectivity index (χ4v) is 4.57. The molecular formula is C28H35FN2O3. The standard InChI is InChI=1S/C28H35FN2O3/c1-4-25(28(33)30-17-19-5-6-19)34-23-12-9-20-13-14-31(26(32)15-18(2)3)27(24(20)16-23)21-7-10-22(29)11-8-21/h7-12,16,18-19,25,27H,4-6,13-15,17H2,1-3H3,(H,30,33). The summed E-state index contributed by atoms with van der Waals surface area (Å²) in [7, 11) is 0. The number of fused-ring (bicyclic) bond motifs is 1. The van der Waals surface area contributed by atoms with E-state index in [0.29, 0.717) is 37.6 Å². The van der Waals surface area contributed by atoms with Crippen molar-refractivity contribution in [2.24, 2.45) is 11.8 Å². The predicted octanol–water partition coefficient (Wildman–Crippen LogP) is 5.03. The molecule has 2 aromatic rings. The Kier molecular flexibility index (Phi) is 7.54. The molecule has 1 heterocycles. The summed E-state index contributed by atoms with van der Waals surface area (Å²) in [6.45, 7) is 7.33. The van der Waals surface area contributed by atoms with Crippen LogP contribution in [0.3, 0.4) is 0 Å². The molecule has 2 aromatic carbocycles. The topological polar surface area (TPSA) is 58.6 Å². The SMILES string of the molecule is CCC(Oc1ccc2c(c1)C(c1ccc(F)cc1)N(C(=O)CC(C)C)CC2)C(=O)NCC1CC1. The number of halogens is 1. The zero-order valence-corrected chi connectivity index (χ0v) is 20.4. The van der Waals surface area contributed by atoms with Crippen LogP contribution in [0.2, 0.25) is 0 Å². The molecule has 34 heavy (non-hydrogen) atoms. The molecule has 1 fully saturated rings. The van der Waals surface area contributed by atoms with Crippen LogP contribution in [0.15, 0.2) is 42.5 Å². The molecule has 0 radical (unpaired) electrons. The Balaban J connectivity index is 1.62. The van der Waals surface area contributed by atoms with Gasteiger partial charge in [-0.3, -0.25) is 9.59 Å². The Bertz CT molecular complexity index is 1020. The van der Waals surface area contributed by atoms with Crippen LogP contribution in [-0.2, 0) is 16.0 Å². The summed E-state index contributed by atoms with van der Waals surface area (Å²) in [5.41, 5.74) is 2.98. The first-order valence-electron chi connectivity index (χ1n) is 12.5. The zero-order chi connectivity index (χ0) is 24.2. The number of ether oxygens (including phenoxy) is 1. The maximum atomic E-state index is 13.7. The second-order valence-corrected chi connectivity index (χ2v) is 9.95. The first kappa shape index (κ1) is 24.2. The fraction of sp³-hybridized carbons (Fsp3) is 0.500. The molecule has 5 nitrogen and oxygen atoms in total. The first-order valence-corrected chi connectivity index (χ1v) is 12.5. The number of benzene rings is 2. The first-order chi connectivity index (χ1) is 16.4. The van der Waals surface area contributed by atoms with Gasteiger partial charge in [0, 0.05) is 19.5 Å². The average molecular weight is 467 g/mol. The average Bonchev–Trinajstić information content (AvgIpc) is 3.65. The van der Waals surface area contributed by atoms with E-state index in [9.17, 15) is 14.0 Å². The molecule has 6 heteroatoms. The Labute approximate surface area is 201 Å². The van der Waals surface area contributed by atoms with Crippen molar-refractivity contribution in [1.82, 2.24) is 10.2 Å². The van der Waals surface area contributed by atoms with Gasteiger partial charge >= 0.3 is 0 Å². The molecule has 2 unspecified atom stereocenters. The van der Waals surface area contributed by atoms with Gasteiger partial charge in [-0.05, 0) is 78.5 Å². The lowest BCUT2D eigenvalue weighted by Crippen LogP contribution is -2.41. The Morgan fingerprint density at radius 2 is 1.88 bits per heavy atom. The van der Waals surface area contributed by atoms with E-state index in [1.807, 2.05) is 43.9 Å². The lowest BCUT2D eigenvalue weighted by atomic mass is 9.87. The highest BCUT2D eigenvalue weighted by atomic mass is 19.1. The molecule has 0 saturated heterocycles. The van der Waals surface area contributed by atoms with Gasteiger partial charge in [0.25, 0.3) is 5.91 Å².